The minimum absolute atomic E-state index is 0.592. The summed E-state index contributed by atoms with van der Waals surface area (Å²) in [6.07, 6.45) is 3.16. The highest BCUT2D eigenvalue weighted by Crippen LogP contribution is 2.25. The van der Waals surface area contributed by atoms with E-state index in [9.17, 15) is 8.78 Å². The lowest BCUT2D eigenvalue weighted by molar-refractivity contribution is 0.509. The summed E-state index contributed by atoms with van der Waals surface area (Å²) in [6.45, 7) is 0. The Morgan fingerprint density at radius 1 is 0.895 bits per heavy atom. The van der Waals surface area contributed by atoms with E-state index in [4.69, 9.17) is 4.42 Å². The molecular weight excluding hydrogens is 248 g/mol. The van der Waals surface area contributed by atoms with E-state index >= 15 is 0 Å². The minimum atomic E-state index is -0.867. The molecule has 0 atom stereocenters. The molecule has 4 heteroatoms. The van der Waals surface area contributed by atoms with Gasteiger partial charge in [0.2, 0.25) is 0 Å². The summed E-state index contributed by atoms with van der Waals surface area (Å²) in [6, 6.07) is 10.9. The topological polar surface area (TPSA) is 26.0 Å². The maximum atomic E-state index is 13.2. The Morgan fingerprint density at radius 3 is 2.47 bits per heavy atom. The first-order valence-electron chi connectivity index (χ1n) is 5.69. The predicted molar refractivity (Wildman–Crippen MR) is 67.3 cm³/mol. The van der Waals surface area contributed by atoms with Gasteiger partial charge in [-0.2, -0.15) is 0 Å². The fourth-order valence-electron chi connectivity index (χ4n) is 1.84. The standard InChI is InChI=1S/C15H9F2NO/c16-12-4-3-10(8-13(12)17)11-5-6-18-14(9-11)15-2-1-7-19-15/h1-9H. The van der Waals surface area contributed by atoms with Crippen molar-refractivity contribution in [3.05, 3.63) is 66.6 Å². The second kappa shape index (κ2) is 4.65. The van der Waals surface area contributed by atoms with E-state index in [-0.39, 0.29) is 0 Å². The van der Waals surface area contributed by atoms with Crippen molar-refractivity contribution < 1.29 is 13.2 Å². The zero-order chi connectivity index (χ0) is 13.2. The predicted octanol–water partition coefficient (Wildman–Crippen LogP) is 4.29. The molecule has 0 unspecified atom stereocenters. The average Bonchev–Trinajstić information content (AvgIpc) is 2.96. The smallest absolute Gasteiger partial charge is 0.159 e. The number of hydrogen-bond donors (Lipinski definition) is 0. The lowest BCUT2D eigenvalue weighted by Crippen LogP contribution is -1.87. The van der Waals surface area contributed by atoms with Crippen LogP contribution in [0.4, 0.5) is 8.78 Å². The third-order valence-corrected chi connectivity index (χ3v) is 2.79. The van der Waals surface area contributed by atoms with Gasteiger partial charge in [-0.05, 0) is 47.5 Å². The second-order valence-corrected chi connectivity index (χ2v) is 4.04. The number of furan rings is 1. The van der Waals surface area contributed by atoms with Crippen LogP contribution < -0.4 is 0 Å². The molecule has 0 aliphatic carbocycles. The lowest BCUT2D eigenvalue weighted by Gasteiger charge is -2.04. The third-order valence-electron chi connectivity index (χ3n) is 2.79. The van der Waals surface area contributed by atoms with Crippen molar-refractivity contribution >= 4 is 0 Å². The molecule has 3 aromatic rings. The average molecular weight is 257 g/mol. The summed E-state index contributed by atoms with van der Waals surface area (Å²) in [5.74, 6) is -1.10. The number of benzene rings is 1. The van der Waals surface area contributed by atoms with Crippen molar-refractivity contribution in [1.82, 2.24) is 4.98 Å². The van der Waals surface area contributed by atoms with Crippen LogP contribution in [0, 0.1) is 11.6 Å². The van der Waals surface area contributed by atoms with Crippen LogP contribution in [-0.4, -0.2) is 4.98 Å². The van der Waals surface area contributed by atoms with Crippen LogP contribution in [0.1, 0.15) is 0 Å². The summed E-state index contributed by atoms with van der Waals surface area (Å²) in [5, 5.41) is 0. The van der Waals surface area contributed by atoms with Gasteiger partial charge in [0.15, 0.2) is 17.4 Å². The van der Waals surface area contributed by atoms with E-state index in [1.54, 1.807) is 36.7 Å². The van der Waals surface area contributed by atoms with Crippen LogP contribution in [0.5, 0.6) is 0 Å². The van der Waals surface area contributed by atoms with Gasteiger partial charge >= 0.3 is 0 Å². The van der Waals surface area contributed by atoms with Crippen LogP contribution in [0.3, 0.4) is 0 Å². The first-order valence-corrected chi connectivity index (χ1v) is 5.69. The molecule has 0 bridgehead atoms. The normalized spacial score (nSPS) is 10.6. The Balaban J connectivity index is 2.06. The molecule has 0 spiro atoms. The van der Waals surface area contributed by atoms with Crippen molar-refractivity contribution in [3.63, 3.8) is 0 Å². The number of rotatable bonds is 2. The summed E-state index contributed by atoms with van der Waals surface area (Å²) < 4.78 is 31.4. The van der Waals surface area contributed by atoms with Crippen LogP contribution in [0.15, 0.2) is 59.3 Å². The number of nitrogens with zero attached hydrogens (tertiary/aromatic N) is 1. The maximum absolute atomic E-state index is 13.2. The summed E-state index contributed by atoms with van der Waals surface area (Å²) in [4.78, 5) is 4.19. The quantitative estimate of drug-likeness (QED) is 0.684. The second-order valence-electron chi connectivity index (χ2n) is 4.04. The van der Waals surface area contributed by atoms with E-state index in [1.807, 2.05) is 0 Å². The number of hydrogen-bond acceptors (Lipinski definition) is 2. The molecule has 2 heterocycles. The minimum Gasteiger partial charge on any atom is -0.463 e. The molecule has 0 aliphatic rings. The largest absolute Gasteiger partial charge is 0.463 e. The number of pyridine rings is 1. The highest BCUT2D eigenvalue weighted by Gasteiger charge is 2.07. The van der Waals surface area contributed by atoms with Gasteiger partial charge in [-0.1, -0.05) is 6.07 Å². The molecule has 19 heavy (non-hydrogen) atoms. The van der Waals surface area contributed by atoms with Crippen LogP contribution in [-0.2, 0) is 0 Å². The molecule has 1 aromatic carbocycles. The Labute approximate surface area is 108 Å². The maximum Gasteiger partial charge on any atom is 0.159 e. The molecule has 0 fully saturated rings. The van der Waals surface area contributed by atoms with E-state index in [0.717, 1.165) is 17.7 Å². The number of halogens is 2. The van der Waals surface area contributed by atoms with E-state index in [0.29, 0.717) is 17.0 Å². The van der Waals surface area contributed by atoms with Gasteiger partial charge in [0.05, 0.1) is 6.26 Å². The Bertz CT molecular complexity index is 708. The summed E-state index contributed by atoms with van der Waals surface area (Å²) >= 11 is 0. The van der Waals surface area contributed by atoms with Crippen LogP contribution in [0.25, 0.3) is 22.6 Å². The first-order chi connectivity index (χ1) is 9.24. The Hall–Kier alpha value is -2.49. The molecule has 2 aromatic heterocycles. The van der Waals surface area contributed by atoms with Crippen LogP contribution >= 0.6 is 0 Å². The van der Waals surface area contributed by atoms with Gasteiger partial charge in [0.25, 0.3) is 0 Å². The van der Waals surface area contributed by atoms with Crippen molar-refractivity contribution in [1.29, 1.82) is 0 Å². The van der Waals surface area contributed by atoms with E-state index < -0.39 is 11.6 Å². The summed E-state index contributed by atoms with van der Waals surface area (Å²) in [7, 11) is 0. The molecule has 0 amide bonds. The molecule has 0 N–H and O–H groups in total. The molecule has 94 valence electrons. The van der Waals surface area contributed by atoms with E-state index in [2.05, 4.69) is 4.98 Å². The van der Waals surface area contributed by atoms with Gasteiger partial charge in [0.1, 0.15) is 5.69 Å². The van der Waals surface area contributed by atoms with Gasteiger partial charge in [-0.15, -0.1) is 0 Å². The highest BCUT2D eigenvalue weighted by atomic mass is 19.2. The highest BCUT2D eigenvalue weighted by molar-refractivity contribution is 5.68. The fraction of sp³-hybridized carbons (Fsp3) is 0. The molecule has 0 aliphatic heterocycles. The van der Waals surface area contributed by atoms with E-state index in [1.165, 1.54) is 6.07 Å². The first kappa shape index (κ1) is 11.6. The molecule has 3 rings (SSSR count). The molecule has 0 radical (unpaired) electrons. The van der Waals surface area contributed by atoms with Gasteiger partial charge < -0.3 is 4.42 Å². The molecule has 0 saturated heterocycles. The molecule has 2 nitrogen and oxygen atoms in total. The number of aromatic nitrogens is 1. The zero-order valence-corrected chi connectivity index (χ0v) is 9.81. The van der Waals surface area contributed by atoms with Crippen molar-refractivity contribution in [2.24, 2.45) is 0 Å². The van der Waals surface area contributed by atoms with Crippen LogP contribution in [0.2, 0.25) is 0 Å². The SMILES string of the molecule is Fc1ccc(-c2ccnc(-c3ccco3)c2)cc1F. The van der Waals surface area contributed by atoms with Gasteiger partial charge in [-0.25, -0.2) is 8.78 Å². The van der Waals surface area contributed by atoms with Crippen molar-refractivity contribution in [3.8, 4) is 22.6 Å². The van der Waals surface area contributed by atoms with Crippen molar-refractivity contribution in [2.75, 3.05) is 0 Å². The lowest BCUT2D eigenvalue weighted by atomic mass is 10.1. The Morgan fingerprint density at radius 2 is 1.74 bits per heavy atom. The van der Waals surface area contributed by atoms with Crippen molar-refractivity contribution in [2.45, 2.75) is 0 Å². The zero-order valence-electron chi connectivity index (χ0n) is 9.81. The fourth-order valence-corrected chi connectivity index (χ4v) is 1.84. The third kappa shape index (κ3) is 2.25. The van der Waals surface area contributed by atoms with Gasteiger partial charge in [0, 0.05) is 6.20 Å². The summed E-state index contributed by atoms with van der Waals surface area (Å²) in [5.41, 5.74) is 1.99. The monoisotopic (exact) mass is 257 g/mol. The van der Waals surface area contributed by atoms with Gasteiger partial charge in [-0.3, -0.25) is 4.98 Å². The molecular formula is C15H9F2NO. The Kier molecular flexibility index (Phi) is 2.83. The molecule has 0 saturated carbocycles.